The molecule has 26 heavy (non-hydrogen) atoms. The van der Waals surface area contributed by atoms with E-state index in [9.17, 15) is 4.79 Å². The highest BCUT2D eigenvalue weighted by Gasteiger charge is 2.15. The Morgan fingerprint density at radius 1 is 1.08 bits per heavy atom. The van der Waals surface area contributed by atoms with Crippen molar-refractivity contribution in [3.05, 3.63) is 54.7 Å². The molecule has 1 saturated heterocycles. The zero-order chi connectivity index (χ0) is 17.8. The predicted molar refractivity (Wildman–Crippen MR) is 98.7 cm³/mol. The molecule has 0 bridgehead atoms. The molecule has 1 aliphatic heterocycles. The first-order chi connectivity index (χ1) is 12.8. The molecule has 3 aromatic rings. The lowest BCUT2D eigenvalue weighted by molar-refractivity contribution is -0.120. The average molecular weight is 348 g/mol. The minimum Gasteiger partial charge on any atom is -0.379 e. The SMILES string of the molecule is O=C(Cc1cc2cc(-c3cccnc3)cnc2cn1)CN1CCOCC1. The molecule has 1 aliphatic rings. The van der Waals surface area contributed by atoms with E-state index in [0.29, 0.717) is 26.2 Å². The first-order valence-corrected chi connectivity index (χ1v) is 8.75. The number of pyridine rings is 3. The van der Waals surface area contributed by atoms with Crippen molar-refractivity contribution in [2.75, 3.05) is 32.8 Å². The van der Waals surface area contributed by atoms with E-state index in [4.69, 9.17) is 4.74 Å². The fourth-order valence-electron chi connectivity index (χ4n) is 3.13. The van der Waals surface area contributed by atoms with Gasteiger partial charge in [-0.15, -0.1) is 0 Å². The van der Waals surface area contributed by atoms with Gasteiger partial charge in [-0.2, -0.15) is 0 Å². The number of hydrogen-bond donors (Lipinski definition) is 0. The Hall–Kier alpha value is -2.70. The van der Waals surface area contributed by atoms with E-state index in [0.717, 1.165) is 40.8 Å². The van der Waals surface area contributed by atoms with Gasteiger partial charge in [0.2, 0.25) is 0 Å². The summed E-state index contributed by atoms with van der Waals surface area (Å²) < 4.78 is 5.32. The number of Topliss-reactive ketones (excluding diaryl/α,β-unsaturated/α-hetero) is 1. The van der Waals surface area contributed by atoms with Gasteiger partial charge in [0.25, 0.3) is 0 Å². The molecule has 0 atom stereocenters. The second-order valence-corrected chi connectivity index (χ2v) is 6.44. The highest BCUT2D eigenvalue weighted by Crippen LogP contribution is 2.22. The molecule has 0 radical (unpaired) electrons. The Morgan fingerprint density at radius 2 is 1.96 bits per heavy atom. The highest BCUT2D eigenvalue weighted by molar-refractivity contribution is 5.86. The molecular formula is C20H20N4O2. The van der Waals surface area contributed by atoms with E-state index in [-0.39, 0.29) is 5.78 Å². The maximum Gasteiger partial charge on any atom is 0.152 e. The number of ether oxygens (including phenoxy) is 1. The highest BCUT2D eigenvalue weighted by atomic mass is 16.5. The molecule has 0 saturated carbocycles. The summed E-state index contributed by atoms with van der Waals surface area (Å²) in [6, 6.07) is 7.93. The number of morpholine rings is 1. The standard InChI is InChI=1S/C20H20N4O2/c25-19(14-24-4-6-26-7-5-24)10-18-9-16-8-17(12-23-20(16)13-22-18)15-2-1-3-21-11-15/h1-3,8-9,11-13H,4-7,10,14H2. The van der Waals surface area contributed by atoms with E-state index in [2.05, 4.69) is 25.9 Å². The van der Waals surface area contributed by atoms with Gasteiger partial charge in [0.05, 0.1) is 37.9 Å². The molecule has 6 heteroatoms. The molecule has 132 valence electrons. The summed E-state index contributed by atoms with van der Waals surface area (Å²) in [6.45, 7) is 3.48. The number of carbonyl (C=O) groups excluding carboxylic acids is 1. The second-order valence-electron chi connectivity index (χ2n) is 6.44. The van der Waals surface area contributed by atoms with Gasteiger partial charge in [-0.05, 0) is 18.2 Å². The van der Waals surface area contributed by atoms with Gasteiger partial charge in [-0.3, -0.25) is 24.6 Å². The van der Waals surface area contributed by atoms with Gasteiger partial charge < -0.3 is 4.74 Å². The van der Waals surface area contributed by atoms with Crippen molar-refractivity contribution in [2.24, 2.45) is 0 Å². The molecule has 0 aliphatic carbocycles. The van der Waals surface area contributed by atoms with Crippen LogP contribution in [0.4, 0.5) is 0 Å². The summed E-state index contributed by atoms with van der Waals surface area (Å²) in [5.41, 5.74) is 3.62. The second kappa shape index (κ2) is 7.68. The van der Waals surface area contributed by atoms with Gasteiger partial charge in [0, 0.05) is 53.9 Å². The van der Waals surface area contributed by atoms with Crippen molar-refractivity contribution in [3.8, 4) is 11.1 Å². The minimum atomic E-state index is 0.176. The topological polar surface area (TPSA) is 68.2 Å². The maximum absolute atomic E-state index is 12.4. The number of rotatable bonds is 5. The molecule has 6 nitrogen and oxygen atoms in total. The zero-order valence-electron chi connectivity index (χ0n) is 14.5. The van der Waals surface area contributed by atoms with Crippen LogP contribution in [0.1, 0.15) is 5.69 Å². The lowest BCUT2D eigenvalue weighted by atomic mass is 10.1. The summed E-state index contributed by atoms with van der Waals surface area (Å²) in [7, 11) is 0. The van der Waals surface area contributed by atoms with Crippen LogP contribution in [0, 0.1) is 0 Å². The molecule has 0 aromatic carbocycles. The predicted octanol–water partition coefficient (Wildman–Crippen LogP) is 2.14. The third-order valence-electron chi connectivity index (χ3n) is 4.50. The van der Waals surface area contributed by atoms with Crippen molar-refractivity contribution in [1.29, 1.82) is 0 Å². The van der Waals surface area contributed by atoms with Gasteiger partial charge in [0.15, 0.2) is 5.78 Å². The van der Waals surface area contributed by atoms with E-state index in [1.807, 2.05) is 30.6 Å². The van der Waals surface area contributed by atoms with Crippen LogP contribution < -0.4 is 0 Å². The fourth-order valence-corrected chi connectivity index (χ4v) is 3.13. The smallest absolute Gasteiger partial charge is 0.152 e. The fraction of sp³-hybridized carbons (Fsp3) is 0.300. The Morgan fingerprint density at radius 3 is 2.77 bits per heavy atom. The first kappa shape index (κ1) is 16.8. The van der Waals surface area contributed by atoms with Crippen molar-refractivity contribution < 1.29 is 9.53 Å². The third-order valence-corrected chi connectivity index (χ3v) is 4.50. The summed E-state index contributed by atoms with van der Waals surface area (Å²) in [4.78, 5) is 27.5. The quantitative estimate of drug-likeness (QED) is 0.704. The molecule has 3 aromatic heterocycles. The number of aromatic nitrogens is 3. The van der Waals surface area contributed by atoms with Crippen molar-refractivity contribution in [1.82, 2.24) is 19.9 Å². The monoisotopic (exact) mass is 348 g/mol. The van der Waals surface area contributed by atoms with Crippen LogP contribution in [0.3, 0.4) is 0 Å². The number of hydrogen-bond acceptors (Lipinski definition) is 6. The van der Waals surface area contributed by atoms with Crippen LogP contribution >= 0.6 is 0 Å². The van der Waals surface area contributed by atoms with Crippen LogP contribution in [-0.2, 0) is 16.0 Å². The van der Waals surface area contributed by atoms with Crippen LogP contribution in [0.25, 0.3) is 22.0 Å². The van der Waals surface area contributed by atoms with E-state index in [1.54, 1.807) is 12.4 Å². The normalized spacial score (nSPS) is 15.2. The molecule has 4 heterocycles. The number of fused-ring (bicyclic) bond motifs is 1. The molecule has 0 N–H and O–H groups in total. The van der Waals surface area contributed by atoms with Crippen LogP contribution in [0.2, 0.25) is 0 Å². The first-order valence-electron chi connectivity index (χ1n) is 8.75. The summed E-state index contributed by atoms with van der Waals surface area (Å²) in [5.74, 6) is 0.176. The lowest BCUT2D eigenvalue weighted by Crippen LogP contribution is -2.39. The number of carbonyl (C=O) groups is 1. The summed E-state index contributed by atoms with van der Waals surface area (Å²) >= 11 is 0. The Labute approximate surface area is 151 Å². The van der Waals surface area contributed by atoms with Crippen LogP contribution in [0.15, 0.2) is 49.1 Å². The lowest BCUT2D eigenvalue weighted by Gasteiger charge is -2.25. The van der Waals surface area contributed by atoms with Gasteiger partial charge >= 0.3 is 0 Å². The van der Waals surface area contributed by atoms with Crippen LogP contribution in [-0.4, -0.2) is 58.5 Å². The summed E-state index contributed by atoms with van der Waals surface area (Å²) in [5, 5.41) is 0.982. The van der Waals surface area contributed by atoms with Crippen LogP contribution in [0.5, 0.6) is 0 Å². The molecule has 0 spiro atoms. The van der Waals surface area contributed by atoms with E-state index >= 15 is 0 Å². The van der Waals surface area contributed by atoms with Gasteiger partial charge in [0.1, 0.15) is 0 Å². The molecule has 4 rings (SSSR count). The van der Waals surface area contributed by atoms with Gasteiger partial charge in [-0.25, -0.2) is 0 Å². The minimum absolute atomic E-state index is 0.176. The van der Waals surface area contributed by atoms with Crippen molar-refractivity contribution in [3.63, 3.8) is 0 Å². The zero-order valence-corrected chi connectivity index (χ0v) is 14.5. The molecule has 0 unspecified atom stereocenters. The molecule has 0 amide bonds. The number of nitrogens with zero attached hydrogens (tertiary/aromatic N) is 4. The summed E-state index contributed by atoms with van der Waals surface area (Å²) in [6.07, 6.45) is 7.46. The Kier molecular flexibility index (Phi) is 4.95. The number of ketones is 1. The Balaban J connectivity index is 1.51. The van der Waals surface area contributed by atoms with Gasteiger partial charge in [-0.1, -0.05) is 6.07 Å². The van der Waals surface area contributed by atoms with E-state index < -0.39 is 0 Å². The van der Waals surface area contributed by atoms with Crippen molar-refractivity contribution in [2.45, 2.75) is 6.42 Å². The molecule has 1 fully saturated rings. The largest absolute Gasteiger partial charge is 0.379 e. The maximum atomic E-state index is 12.4. The Bertz CT molecular complexity index is 908. The average Bonchev–Trinajstić information content (AvgIpc) is 2.69. The molecular weight excluding hydrogens is 328 g/mol. The third kappa shape index (κ3) is 3.92. The van der Waals surface area contributed by atoms with E-state index in [1.165, 1.54) is 0 Å². The van der Waals surface area contributed by atoms with Crippen molar-refractivity contribution >= 4 is 16.7 Å².